The number of hydrogen-bond donors (Lipinski definition) is 0. The molecule has 1 spiro atoms. The Morgan fingerprint density at radius 1 is 1.15 bits per heavy atom. The zero-order chi connectivity index (χ0) is 23.2. The lowest BCUT2D eigenvalue weighted by molar-refractivity contribution is -0.127. The molecule has 2 aliphatic rings. The Labute approximate surface area is 193 Å². The van der Waals surface area contributed by atoms with E-state index in [9.17, 15) is 9.59 Å². The number of likely N-dealkylation sites (N-methyl/N-ethyl adjacent to an activating group) is 1. The van der Waals surface area contributed by atoms with Crippen LogP contribution in [-0.4, -0.2) is 72.0 Å². The molecule has 8 heteroatoms. The molecule has 8 nitrogen and oxygen atoms in total. The number of pyridine rings is 1. The third-order valence-corrected chi connectivity index (χ3v) is 6.67. The molecular formula is C25H27N5O3. The zero-order valence-corrected chi connectivity index (χ0v) is 19.1. The number of anilines is 1. The van der Waals surface area contributed by atoms with E-state index >= 15 is 0 Å². The van der Waals surface area contributed by atoms with Gasteiger partial charge in [0, 0.05) is 45.1 Å². The lowest BCUT2D eigenvalue weighted by atomic mass is 9.88. The largest absolute Gasteiger partial charge is 0.497 e. The van der Waals surface area contributed by atoms with E-state index in [-0.39, 0.29) is 18.4 Å². The van der Waals surface area contributed by atoms with Crippen LogP contribution in [0, 0.1) is 0 Å². The summed E-state index contributed by atoms with van der Waals surface area (Å²) < 4.78 is 7.39. The highest BCUT2D eigenvalue weighted by Crippen LogP contribution is 2.47. The van der Waals surface area contributed by atoms with E-state index in [1.165, 1.54) is 0 Å². The van der Waals surface area contributed by atoms with E-state index in [1.54, 1.807) is 38.4 Å². The quantitative estimate of drug-likeness (QED) is 0.617. The topological polar surface area (TPSA) is 70.9 Å². The summed E-state index contributed by atoms with van der Waals surface area (Å²) in [5, 5.41) is 0. The van der Waals surface area contributed by atoms with Crippen LogP contribution in [0.1, 0.15) is 22.5 Å². The van der Waals surface area contributed by atoms with E-state index in [2.05, 4.69) is 20.5 Å². The van der Waals surface area contributed by atoms with Gasteiger partial charge in [-0.25, -0.2) is 4.98 Å². The summed E-state index contributed by atoms with van der Waals surface area (Å²) in [7, 11) is 5.12. The van der Waals surface area contributed by atoms with Crippen molar-refractivity contribution in [2.45, 2.75) is 12.0 Å². The number of fused-ring (bicyclic) bond motifs is 4. The molecule has 0 N–H and O–H groups in total. The second-order valence-electron chi connectivity index (χ2n) is 8.72. The Hall–Kier alpha value is -3.81. The predicted octanol–water partition coefficient (Wildman–Crippen LogP) is 2.53. The van der Waals surface area contributed by atoms with Gasteiger partial charge in [-0.3, -0.25) is 9.59 Å². The average Bonchev–Trinajstić information content (AvgIpc) is 3.50. The molecule has 3 aromatic rings. The maximum Gasteiger partial charge on any atom is 0.254 e. The van der Waals surface area contributed by atoms with Gasteiger partial charge in [0.05, 0.1) is 25.0 Å². The molecule has 0 saturated carbocycles. The maximum absolute atomic E-state index is 13.4. The first kappa shape index (κ1) is 21.1. The molecule has 1 saturated heterocycles. The summed E-state index contributed by atoms with van der Waals surface area (Å²) in [5.41, 5.74) is 2.00. The summed E-state index contributed by atoms with van der Waals surface area (Å²) in [6.45, 7) is 1.27. The third-order valence-electron chi connectivity index (χ3n) is 6.67. The Morgan fingerprint density at radius 2 is 2.00 bits per heavy atom. The Balaban J connectivity index is 1.56. The lowest BCUT2D eigenvalue weighted by Crippen LogP contribution is -2.55. The number of hydrogen-bond acceptors (Lipinski definition) is 5. The highest BCUT2D eigenvalue weighted by Gasteiger charge is 2.51. The molecule has 4 heterocycles. The molecule has 5 rings (SSSR count). The molecule has 33 heavy (non-hydrogen) atoms. The molecule has 2 aliphatic heterocycles. The van der Waals surface area contributed by atoms with Gasteiger partial charge in [-0.2, -0.15) is 0 Å². The van der Waals surface area contributed by atoms with Gasteiger partial charge in [0.2, 0.25) is 5.91 Å². The molecule has 0 bridgehead atoms. The van der Waals surface area contributed by atoms with Crippen LogP contribution in [0.25, 0.3) is 5.82 Å². The molecule has 0 aliphatic carbocycles. The maximum atomic E-state index is 13.4. The fourth-order valence-corrected chi connectivity index (χ4v) is 4.95. The predicted molar refractivity (Wildman–Crippen MR) is 125 cm³/mol. The smallest absolute Gasteiger partial charge is 0.254 e. The van der Waals surface area contributed by atoms with Gasteiger partial charge in [-0.05, 0) is 48.9 Å². The first-order valence-electron chi connectivity index (χ1n) is 11.0. The molecule has 1 unspecified atom stereocenters. The Kier molecular flexibility index (Phi) is 5.08. The average molecular weight is 446 g/mol. The van der Waals surface area contributed by atoms with E-state index in [1.807, 2.05) is 47.5 Å². The summed E-state index contributed by atoms with van der Waals surface area (Å²) in [4.78, 5) is 36.5. The summed E-state index contributed by atoms with van der Waals surface area (Å²) in [5.74, 6) is 1.41. The minimum absolute atomic E-state index is 0.00163. The van der Waals surface area contributed by atoms with Crippen molar-refractivity contribution in [3.8, 4) is 11.6 Å². The highest BCUT2D eigenvalue weighted by atomic mass is 16.5. The van der Waals surface area contributed by atoms with Gasteiger partial charge in [0.1, 0.15) is 11.3 Å². The molecule has 0 radical (unpaired) electrons. The van der Waals surface area contributed by atoms with Crippen molar-refractivity contribution in [3.05, 3.63) is 72.2 Å². The first-order valence-corrected chi connectivity index (χ1v) is 11.0. The number of nitrogens with zero attached hydrogens (tertiary/aromatic N) is 5. The summed E-state index contributed by atoms with van der Waals surface area (Å²) >= 11 is 0. The van der Waals surface area contributed by atoms with Crippen molar-refractivity contribution in [2.75, 3.05) is 45.7 Å². The second kappa shape index (κ2) is 7.95. The van der Waals surface area contributed by atoms with Crippen molar-refractivity contribution in [1.29, 1.82) is 0 Å². The molecule has 2 aromatic heterocycles. The van der Waals surface area contributed by atoms with Crippen molar-refractivity contribution >= 4 is 17.5 Å². The van der Waals surface area contributed by atoms with Crippen molar-refractivity contribution < 1.29 is 14.3 Å². The van der Waals surface area contributed by atoms with Crippen LogP contribution in [0.15, 0.2) is 60.9 Å². The number of carbonyl (C=O) groups excluding carboxylic acids is 2. The zero-order valence-electron chi connectivity index (χ0n) is 19.1. The molecule has 170 valence electrons. The van der Waals surface area contributed by atoms with Crippen molar-refractivity contribution in [1.82, 2.24) is 19.4 Å². The monoisotopic (exact) mass is 445 g/mol. The molecule has 2 amide bonds. The van der Waals surface area contributed by atoms with E-state index in [4.69, 9.17) is 4.74 Å². The third kappa shape index (κ3) is 3.33. The SMILES string of the molecule is COc1cccc(C(=O)N2CCC3(C2)c2cccn2-c2ncccc2N3CC(=O)N(C)C)c1. The molecule has 1 aromatic carbocycles. The summed E-state index contributed by atoms with van der Waals surface area (Å²) in [6.07, 6.45) is 4.47. The van der Waals surface area contributed by atoms with Gasteiger partial charge >= 0.3 is 0 Å². The minimum Gasteiger partial charge on any atom is -0.497 e. The van der Waals surface area contributed by atoms with Crippen LogP contribution in [0.5, 0.6) is 5.75 Å². The normalized spacial score (nSPS) is 18.8. The summed E-state index contributed by atoms with van der Waals surface area (Å²) in [6, 6.07) is 15.2. The van der Waals surface area contributed by atoms with Crippen LogP contribution in [0.4, 0.5) is 5.69 Å². The van der Waals surface area contributed by atoms with Crippen LogP contribution in [0.3, 0.4) is 0 Å². The Morgan fingerprint density at radius 3 is 2.79 bits per heavy atom. The Bertz CT molecular complexity index is 1220. The van der Waals surface area contributed by atoms with Crippen molar-refractivity contribution in [3.63, 3.8) is 0 Å². The number of carbonyl (C=O) groups is 2. The van der Waals surface area contributed by atoms with Crippen molar-refractivity contribution in [2.24, 2.45) is 0 Å². The molecular weight excluding hydrogens is 418 g/mol. The van der Waals surface area contributed by atoms with E-state index < -0.39 is 5.54 Å². The number of amides is 2. The van der Waals surface area contributed by atoms with Crippen LogP contribution in [-0.2, 0) is 10.3 Å². The number of ether oxygens (including phenoxy) is 1. The number of benzene rings is 1. The number of aromatic nitrogens is 2. The van der Waals surface area contributed by atoms with Crippen LogP contribution >= 0.6 is 0 Å². The van der Waals surface area contributed by atoms with E-state index in [0.717, 1.165) is 17.2 Å². The van der Waals surface area contributed by atoms with Crippen LogP contribution in [0.2, 0.25) is 0 Å². The first-order chi connectivity index (χ1) is 15.9. The van der Waals surface area contributed by atoms with Gasteiger partial charge in [-0.1, -0.05) is 6.07 Å². The number of likely N-dealkylation sites (tertiary alicyclic amines) is 1. The fraction of sp³-hybridized carbons (Fsp3) is 0.320. The van der Waals surface area contributed by atoms with Gasteiger partial charge in [0.15, 0.2) is 5.82 Å². The molecule has 1 fully saturated rings. The van der Waals surface area contributed by atoms with E-state index in [0.29, 0.717) is 30.8 Å². The van der Waals surface area contributed by atoms with Gasteiger partial charge in [-0.15, -0.1) is 0 Å². The molecule has 1 atom stereocenters. The number of methoxy groups -OCH3 is 1. The van der Waals surface area contributed by atoms with Gasteiger partial charge < -0.3 is 24.0 Å². The van der Waals surface area contributed by atoms with Crippen LogP contribution < -0.4 is 9.64 Å². The standard InChI is InChI=1S/C25H27N5O3/c1-27(2)22(31)16-30-20-9-5-12-26-23(20)29-13-6-10-21(29)25(30)11-14-28(17-25)24(32)18-7-4-8-19(15-18)33-3/h4-10,12-13,15H,11,14,16-17H2,1-3H3. The number of rotatable bonds is 4. The second-order valence-corrected chi connectivity index (χ2v) is 8.72. The minimum atomic E-state index is -0.528. The highest BCUT2D eigenvalue weighted by molar-refractivity contribution is 5.95. The van der Waals surface area contributed by atoms with Gasteiger partial charge in [0.25, 0.3) is 5.91 Å². The fourth-order valence-electron chi connectivity index (χ4n) is 4.95. The lowest BCUT2D eigenvalue weighted by Gasteiger charge is -2.46.